The van der Waals surface area contributed by atoms with Gasteiger partial charge >= 0.3 is 12.0 Å². The topological polar surface area (TPSA) is 68.5 Å². The molecule has 122 valence electrons. The van der Waals surface area contributed by atoms with E-state index < -0.39 is 0 Å². The number of guanidine groups is 1. The molecule has 1 aromatic heterocycles. The first-order valence-electron chi connectivity index (χ1n) is 8.70. The van der Waals surface area contributed by atoms with Gasteiger partial charge in [0.2, 0.25) is 0 Å². The Labute approximate surface area is 136 Å². The van der Waals surface area contributed by atoms with Gasteiger partial charge in [0.25, 0.3) is 0 Å². The summed E-state index contributed by atoms with van der Waals surface area (Å²) in [6.07, 6.45) is 8.28. The fourth-order valence-corrected chi connectivity index (χ4v) is 3.63. The van der Waals surface area contributed by atoms with Gasteiger partial charge in [-0.2, -0.15) is 10.3 Å². The number of aromatic nitrogens is 1. The second-order valence-corrected chi connectivity index (χ2v) is 6.54. The molecule has 6 nitrogen and oxygen atoms in total. The van der Waals surface area contributed by atoms with Crippen molar-refractivity contribution in [3.05, 3.63) is 24.3 Å². The molecule has 2 heterocycles. The number of oxazole rings is 1. The van der Waals surface area contributed by atoms with Gasteiger partial charge in [-0.1, -0.05) is 25.0 Å². The highest BCUT2D eigenvalue weighted by Gasteiger charge is 2.28. The normalized spacial score (nSPS) is 23.1. The molecule has 0 amide bonds. The zero-order chi connectivity index (χ0) is 15.5. The number of fused-ring (bicyclic) bond motifs is 1. The highest BCUT2D eigenvalue weighted by molar-refractivity contribution is 5.88. The number of rotatable bonds is 2. The first-order chi connectivity index (χ1) is 11.4. The van der Waals surface area contributed by atoms with Gasteiger partial charge in [-0.15, -0.1) is 0 Å². The molecule has 1 unspecified atom stereocenters. The highest BCUT2D eigenvalue weighted by Crippen LogP contribution is 2.17. The number of hydrogen-bond acceptors (Lipinski definition) is 4. The first kappa shape index (κ1) is 14.5. The van der Waals surface area contributed by atoms with Crippen molar-refractivity contribution in [3.63, 3.8) is 0 Å². The predicted octanol–water partition coefficient (Wildman–Crippen LogP) is -0.198. The van der Waals surface area contributed by atoms with Crippen LogP contribution in [-0.4, -0.2) is 30.3 Å². The molecule has 1 aromatic carbocycles. The molecule has 6 heteroatoms. The van der Waals surface area contributed by atoms with Crippen molar-refractivity contribution in [3.8, 4) is 0 Å². The van der Waals surface area contributed by atoms with Gasteiger partial charge in [-0.25, -0.2) is 10.3 Å². The average Bonchev–Trinajstić information content (AvgIpc) is 2.80. The maximum absolute atomic E-state index is 5.70. The molecule has 0 spiro atoms. The lowest BCUT2D eigenvalue weighted by Gasteiger charge is -2.27. The number of anilines is 1. The van der Waals surface area contributed by atoms with Crippen LogP contribution in [-0.2, 0) is 0 Å². The van der Waals surface area contributed by atoms with Crippen LogP contribution in [0.1, 0.15) is 38.5 Å². The number of quaternary nitrogens is 1. The predicted molar refractivity (Wildman–Crippen MR) is 88.9 cm³/mol. The van der Waals surface area contributed by atoms with Crippen molar-refractivity contribution in [2.45, 2.75) is 44.6 Å². The minimum atomic E-state index is 0.527. The van der Waals surface area contributed by atoms with Gasteiger partial charge < -0.3 is 4.42 Å². The zero-order valence-corrected chi connectivity index (χ0v) is 13.4. The molecule has 0 saturated heterocycles. The van der Waals surface area contributed by atoms with Crippen LogP contribution in [0.5, 0.6) is 0 Å². The second kappa shape index (κ2) is 6.58. The second-order valence-electron chi connectivity index (χ2n) is 6.54. The number of nitrogens with zero attached hydrogens (tertiary/aromatic N) is 1. The quantitative estimate of drug-likeness (QED) is 0.580. The Morgan fingerprint density at radius 1 is 1.17 bits per heavy atom. The minimum Gasteiger partial charge on any atom is -0.412 e. The van der Waals surface area contributed by atoms with Crippen LogP contribution in [0, 0.1) is 0 Å². The van der Waals surface area contributed by atoms with Gasteiger partial charge in [0, 0.05) is 0 Å². The Balaban J connectivity index is 1.39. The third kappa shape index (κ3) is 3.32. The smallest absolute Gasteiger partial charge is 0.365 e. The van der Waals surface area contributed by atoms with E-state index in [4.69, 9.17) is 4.42 Å². The number of nitrogens with one attached hydrogen (secondary N) is 4. The minimum absolute atomic E-state index is 0.527. The van der Waals surface area contributed by atoms with E-state index in [1.807, 2.05) is 24.3 Å². The molecule has 1 aliphatic heterocycles. The lowest BCUT2D eigenvalue weighted by molar-refractivity contribution is -1.00. The third-order valence-corrected chi connectivity index (χ3v) is 4.94. The molecule has 1 fully saturated rings. The van der Waals surface area contributed by atoms with Crippen LogP contribution in [0.2, 0.25) is 0 Å². The summed E-state index contributed by atoms with van der Waals surface area (Å²) in [5, 5.41) is 6.65. The largest absolute Gasteiger partial charge is 0.412 e. The highest BCUT2D eigenvalue weighted by atomic mass is 16.4. The molecule has 0 radical (unpaired) electrons. The van der Waals surface area contributed by atoms with E-state index in [0.717, 1.165) is 36.4 Å². The summed E-state index contributed by atoms with van der Waals surface area (Å²) in [6.45, 7) is 1.89. The standard InChI is InChI=1S/C17H23N5O/c1-2-4-8-13(7-3-1)22-11-18-16(19-12-22)21-17-20-14-9-5-6-10-15(14)23-17/h5-6,9-10,13H,1-4,7-8,11-12H2,(H2,18,19,20,21)/p+2. The van der Waals surface area contributed by atoms with Crippen molar-refractivity contribution in [2.24, 2.45) is 0 Å². The van der Waals surface area contributed by atoms with Crippen molar-refractivity contribution >= 4 is 23.1 Å². The maximum atomic E-state index is 5.70. The Morgan fingerprint density at radius 3 is 2.74 bits per heavy atom. The van der Waals surface area contributed by atoms with Crippen molar-refractivity contribution in [2.75, 3.05) is 18.7 Å². The molecule has 0 bridgehead atoms. The van der Waals surface area contributed by atoms with Gasteiger partial charge in [0.1, 0.15) is 5.52 Å². The van der Waals surface area contributed by atoms with Crippen LogP contribution in [0.25, 0.3) is 11.1 Å². The van der Waals surface area contributed by atoms with E-state index in [-0.39, 0.29) is 0 Å². The maximum Gasteiger partial charge on any atom is 0.365 e. The summed E-state index contributed by atoms with van der Waals surface area (Å²) in [7, 11) is 0. The van der Waals surface area contributed by atoms with E-state index in [1.165, 1.54) is 38.5 Å². The first-order valence-corrected chi connectivity index (χ1v) is 8.70. The van der Waals surface area contributed by atoms with Crippen molar-refractivity contribution in [1.82, 2.24) is 10.3 Å². The van der Waals surface area contributed by atoms with Crippen LogP contribution in [0.15, 0.2) is 28.7 Å². The van der Waals surface area contributed by atoms with Crippen LogP contribution < -0.4 is 20.5 Å². The van der Waals surface area contributed by atoms with Crippen LogP contribution in [0.3, 0.4) is 0 Å². The van der Waals surface area contributed by atoms with E-state index in [1.54, 1.807) is 4.90 Å². The monoisotopic (exact) mass is 315 g/mol. The zero-order valence-electron chi connectivity index (χ0n) is 13.4. The Kier molecular flexibility index (Phi) is 4.15. The molecule has 2 aliphatic rings. The average molecular weight is 315 g/mol. The van der Waals surface area contributed by atoms with E-state index >= 15 is 0 Å². The molecule has 2 aromatic rings. The molecule has 1 saturated carbocycles. The summed E-state index contributed by atoms with van der Waals surface area (Å²) >= 11 is 0. The summed E-state index contributed by atoms with van der Waals surface area (Å²) in [6, 6.07) is 9.11. The van der Waals surface area contributed by atoms with Gasteiger partial charge in [0.05, 0.1) is 6.04 Å². The van der Waals surface area contributed by atoms with E-state index in [0.29, 0.717) is 6.01 Å². The summed E-state index contributed by atoms with van der Waals surface area (Å²) in [5.74, 6) is 0.883. The Hall–Kier alpha value is -2.08. The van der Waals surface area contributed by atoms with Crippen molar-refractivity contribution < 1.29 is 14.3 Å². The molecule has 1 aliphatic carbocycles. The molecule has 23 heavy (non-hydrogen) atoms. The molecular weight excluding hydrogens is 290 g/mol. The van der Waals surface area contributed by atoms with Gasteiger partial charge in [-0.05, 0) is 37.8 Å². The number of hydrogen-bond donors (Lipinski definition) is 4. The summed E-state index contributed by atoms with van der Waals surface area (Å²) < 4.78 is 5.70. The van der Waals surface area contributed by atoms with Gasteiger partial charge in [0.15, 0.2) is 18.9 Å². The fraction of sp³-hybridized carbons (Fsp3) is 0.529. The molecule has 1 atom stereocenters. The lowest BCUT2D eigenvalue weighted by Crippen LogP contribution is -3.26. The number of para-hydroxylation sites is 2. The Morgan fingerprint density at radius 2 is 2.00 bits per heavy atom. The van der Waals surface area contributed by atoms with E-state index in [2.05, 4.69) is 20.6 Å². The molecule has 4 rings (SSSR count). The van der Waals surface area contributed by atoms with Gasteiger partial charge in [-0.3, -0.25) is 4.90 Å². The summed E-state index contributed by atoms with van der Waals surface area (Å²) in [4.78, 5) is 9.49. The molecular formula is C17H25N5O+2. The van der Waals surface area contributed by atoms with Crippen molar-refractivity contribution in [1.29, 1.82) is 0 Å². The lowest BCUT2D eigenvalue weighted by atomic mass is 10.1. The number of benzene rings is 1. The fourth-order valence-electron chi connectivity index (χ4n) is 3.63. The van der Waals surface area contributed by atoms with E-state index in [9.17, 15) is 0 Å². The third-order valence-electron chi connectivity index (χ3n) is 4.94. The SMILES string of the molecule is c1ccc2oc(NC3=[NH+]C[NH+](C4CCCCCC4)CN3)nc2c1. The van der Waals surface area contributed by atoms with Crippen LogP contribution in [0.4, 0.5) is 6.01 Å². The van der Waals surface area contributed by atoms with Crippen LogP contribution >= 0.6 is 0 Å². The Bertz CT molecular complexity index is 654. The summed E-state index contributed by atoms with van der Waals surface area (Å²) in [5.41, 5.74) is 1.68. The molecule has 4 N–H and O–H groups in total.